The van der Waals surface area contributed by atoms with Crippen molar-refractivity contribution in [2.75, 3.05) is 0 Å². The van der Waals surface area contributed by atoms with Gasteiger partial charge in [0.25, 0.3) is 0 Å². The summed E-state index contributed by atoms with van der Waals surface area (Å²) < 4.78 is 1.84. The summed E-state index contributed by atoms with van der Waals surface area (Å²) in [6.45, 7) is 11.8. The molecule has 1 amide bonds. The summed E-state index contributed by atoms with van der Waals surface area (Å²) in [4.78, 5) is 16.1. The second-order valence-electron chi connectivity index (χ2n) is 8.35. The highest BCUT2D eigenvalue weighted by Gasteiger charge is 2.14. The first kappa shape index (κ1) is 30.8. The first-order valence-corrected chi connectivity index (χ1v) is 12.0. The average molecular weight is 469 g/mol. The van der Waals surface area contributed by atoms with Crippen molar-refractivity contribution in [3.05, 3.63) is 52.8 Å². The van der Waals surface area contributed by atoms with E-state index in [0.29, 0.717) is 34.7 Å². The Hall–Kier alpha value is -3.22. The number of aryl methyl sites for hydroxylation is 1. The molecule has 0 saturated carbocycles. The van der Waals surface area contributed by atoms with Crippen LogP contribution in [-0.2, 0) is 11.8 Å². The summed E-state index contributed by atoms with van der Waals surface area (Å²) in [6.07, 6.45) is 15.6. The quantitative estimate of drug-likeness (QED) is 0.131. The molecule has 0 aliphatic carbocycles. The van der Waals surface area contributed by atoms with Gasteiger partial charge in [0.15, 0.2) is 0 Å². The highest BCUT2D eigenvalue weighted by Crippen LogP contribution is 2.23. The van der Waals surface area contributed by atoms with Crippen molar-refractivity contribution in [2.24, 2.45) is 18.5 Å². The van der Waals surface area contributed by atoms with Crippen molar-refractivity contribution in [1.29, 1.82) is 10.8 Å². The minimum atomic E-state index is -0.566. The van der Waals surface area contributed by atoms with Crippen molar-refractivity contribution < 1.29 is 4.79 Å². The number of unbranched alkanes of at least 4 members (excludes halogenated alkanes) is 4. The van der Waals surface area contributed by atoms with Crippen molar-refractivity contribution >= 4 is 29.0 Å². The Morgan fingerprint density at radius 3 is 2.09 bits per heavy atom. The molecule has 1 rings (SSSR count). The first-order chi connectivity index (χ1) is 16.0. The molecular weight excluding hydrogens is 424 g/mol. The SMILES string of the molecule is CC/C=C(/C=C(N)\C(C=N)=C(/C)c1nc(/C(C)=C/C(C)=N)cn1C)C(N)=O.CCCCCCC. The molecule has 0 aliphatic heterocycles. The minimum absolute atomic E-state index is 0.271. The average Bonchev–Trinajstić information content (AvgIpc) is 3.16. The predicted octanol–water partition coefficient (Wildman–Crippen LogP) is 5.93. The van der Waals surface area contributed by atoms with Gasteiger partial charge in [-0.1, -0.05) is 59.0 Å². The maximum absolute atomic E-state index is 11.5. The predicted molar refractivity (Wildman–Crippen MR) is 146 cm³/mol. The summed E-state index contributed by atoms with van der Waals surface area (Å²) in [5.41, 5.74) is 15.3. The molecule has 0 unspecified atom stereocenters. The van der Waals surface area contributed by atoms with Gasteiger partial charge >= 0.3 is 0 Å². The van der Waals surface area contributed by atoms with Gasteiger partial charge in [-0.05, 0) is 44.9 Å². The normalized spacial score (nSPS) is 13.1. The second kappa shape index (κ2) is 16.4. The smallest absolute Gasteiger partial charge is 0.248 e. The van der Waals surface area contributed by atoms with Gasteiger partial charge in [-0.3, -0.25) is 4.79 Å². The van der Waals surface area contributed by atoms with Crippen LogP contribution in [0, 0.1) is 10.8 Å². The number of nitrogens with zero attached hydrogens (tertiary/aromatic N) is 2. The molecule has 0 atom stereocenters. The molecule has 0 spiro atoms. The lowest BCUT2D eigenvalue weighted by atomic mass is 10.0. The van der Waals surface area contributed by atoms with Crippen LogP contribution in [0.2, 0.25) is 0 Å². The van der Waals surface area contributed by atoms with Crippen LogP contribution in [0.1, 0.15) is 91.6 Å². The Kier molecular flexibility index (Phi) is 14.8. The van der Waals surface area contributed by atoms with E-state index >= 15 is 0 Å². The van der Waals surface area contributed by atoms with Gasteiger partial charge in [-0.15, -0.1) is 0 Å². The van der Waals surface area contributed by atoms with E-state index in [4.69, 9.17) is 22.3 Å². The van der Waals surface area contributed by atoms with E-state index < -0.39 is 5.91 Å². The van der Waals surface area contributed by atoms with Crippen LogP contribution in [0.15, 0.2) is 41.3 Å². The molecular formula is C27H44N6O. The number of nitrogens with one attached hydrogen (secondary N) is 2. The maximum atomic E-state index is 11.5. The van der Waals surface area contributed by atoms with Gasteiger partial charge in [-0.2, -0.15) is 0 Å². The summed E-state index contributed by atoms with van der Waals surface area (Å²) >= 11 is 0. The van der Waals surface area contributed by atoms with Crippen molar-refractivity contribution in [3.63, 3.8) is 0 Å². The summed E-state index contributed by atoms with van der Waals surface area (Å²) in [6, 6.07) is 0. The van der Waals surface area contributed by atoms with Gasteiger partial charge in [0.05, 0.1) is 5.69 Å². The number of carbonyl (C=O) groups excluding carboxylic acids is 1. The number of amides is 1. The zero-order valence-corrected chi connectivity index (χ0v) is 22.1. The number of imidazole rings is 1. The van der Waals surface area contributed by atoms with Gasteiger partial charge in [0.2, 0.25) is 5.91 Å². The third kappa shape index (κ3) is 10.6. The van der Waals surface area contributed by atoms with E-state index in [-0.39, 0.29) is 5.70 Å². The third-order valence-corrected chi connectivity index (χ3v) is 5.13. The Morgan fingerprint density at radius 2 is 1.65 bits per heavy atom. The molecule has 0 saturated heterocycles. The van der Waals surface area contributed by atoms with Crippen molar-refractivity contribution in [2.45, 2.75) is 80.1 Å². The molecule has 0 radical (unpaired) electrons. The van der Waals surface area contributed by atoms with Gasteiger partial charge in [0, 0.05) is 47.6 Å². The minimum Gasteiger partial charge on any atom is -0.398 e. The Balaban J connectivity index is 0.00000135. The zero-order valence-electron chi connectivity index (χ0n) is 22.1. The standard InChI is InChI=1S/C20H28N6O.C7H16/c1-6-7-15(19(24)27)9-17(23)16(10-21)14(4)20-25-18(11-26(20)5)12(2)8-13(3)22;1-3-5-7-6-4-2/h7-11,21-22H,6,23H2,1-5H3,(H2,24,27);3-7H2,1-2H3/b12-8+,15-7-,16-14+,17-9+,21-10?,22-13?;. The number of hydrogen-bond acceptors (Lipinski definition) is 5. The molecule has 1 aromatic heterocycles. The van der Waals surface area contributed by atoms with Gasteiger partial charge in [-0.25, -0.2) is 4.98 Å². The fourth-order valence-corrected chi connectivity index (χ4v) is 3.30. The molecule has 0 bridgehead atoms. The van der Waals surface area contributed by atoms with Crippen LogP contribution in [0.25, 0.3) is 11.1 Å². The molecule has 0 fully saturated rings. The van der Waals surface area contributed by atoms with Gasteiger partial charge < -0.3 is 26.9 Å². The summed E-state index contributed by atoms with van der Waals surface area (Å²) in [7, 11) is 1.85. The number of rotatable bonds is 12. The van der Waals surface area contributed by atoms with Crippen LogP contribution in [-0.4, -0.2) is 27.4 Å². The first-order valence-electron chi connectivity index (χ1n) is 12.0. The molecule has 34 heavy (non-hydrogen) atoms. The lowest BCUT2D eigenvalue weighted by Crippen LogP contribution is -2.15. The van der Waals surface area contributed by atoms with E-state index in [1.165, 1.54) is 38.2 Å². The van der Waals surface area contributed by atoms with E-state index in [1.54, 1.807) is 19.1 Å². The second-order valence-corrected chi connectivity index (χ2v) is 8.35. The summed E-state index contributed by atoms with van der Waals surface area (Å²) in [5.74, 6) is 0.0826. The summed E-state index contributed by atoms with van der Waals surface area (Å²) in [5, 5.41) is 15.4. The molecule has 6 N–H and O–H groups in total. The lowest BCUT2D eigenvalue weighted by Gasteiger charge is -2.09. The molecule has 7 heteroatoms. The van der Waals surface area contributed by atoms with E-state index in [9.17, 15) is 4.79 Å². The third-order valence-electron chi connectivity index (χ3n) is 5.13. The molecule has 188 valence electrons. The molecule has 1 heterocycles. The van der Waals surface area contributed by atoms with Crippen LogP contribution >= 0.6 is 0 Å². The molecule has 1 aromatic rings. The van der Waals surface area contributed by atoms with Crippen molar-refractivity contribution in [1.82, 2.24) is 9.55 Å². The molecule has 7 nitrogen and oxygen atoms in total. The van der Waals surface area contributed by atoms with Crippen LogP contribution in [0.4, 0.5) is 0 Å². The van der Waals surface area contributed by atoms with E-state index in [2.05, 4.69) is 18.8 Å². The Bertz CT molecular complexity index is 956. The monoisotopic (exact) mass is 468 g/mol. The number of nitrogens with two attached hydrogens (primary N) is 2. The Morgan fingerprint density at radius 1 is 1.06 bits per heavy atom. The van der Waals surface area contributed by atoms with Crippen LogP contribution in [0.5, 0.6) is 0 Å². The number of aromatic nitrogens is 2. The highest BCUT2D eigenvalue weighted by atomic mass is 16.1. The van der Waals surface area contributed by atoms with Crippen LogP contribution < -0.4 is 11.5 Å². The molecule has 0 aromatic carbocycles. The highest BCUT2D eigenvalue weighted by molar-refractivity contribution is 5.98. The van der Waals surface area contributed by atoms with Crippen molar-refractivity contribution in [3.8, 4) is 0 Å². The fourth-order valence-electron chi connectivity index (χ4n) is 3.30. The number of allylic oxidation sites excluding steroid dienone is 5. The van der Waals surface area contributed by atoms with Gasteiger partial charge in [0.1, 0.15) is 5.82 Å². The topological polar surface area (TPSA) is 135 Å². The molecule has 0 aliphatic rings. The fraction of sp³-hybridized carbons (Fsp3) is 0.481. The van der Waals surface area contributed by atoms with Crippen LogP contribution in [0.3, 0.4) is 0 Å². The largest absolute Gasteiger partial charge is 0.398 e. The lowest BCUT2D eigenvalue weighted by molar-refractivity contribution is -0.114. The zero-order chi connectivity index (χ0) is 26.3. The number of carbonyl (C=O) groups is 1. The Labute approximate surface area is 205 Å². The number of hydrogen-bond donors (Lipinski definition) is 4. The van der Waals surface area contributed by atoms with E-state index in [0.717, 1.165) is 17.5 Å². The van der Waals surface area contributed by atoms with E-state index in [1.807, 2.05) is 38.6 Å². The maximum Gasteiger partial charge on any atom is 0.248 e. The number of primary amides is 1.